The van der Waals surface area contributed by atoms with E-state index in [4.69, 9.17) is 0 Å². The Morgan fingerprint density at radius 2 is 1.86 bits per heavy atom. The van der Waals surface area contributed by atoms with Crippen molar-refractivity contribution in [3.63, 3.8) is 0 Å². The van der Waals surface area contributed by atoms with Crippen molar-refractivity contribution in [2.24, 2.45) is 0 Å². The third-order valence-electron chi connectivity index (χ3n) is 4.18. The summed E-state index contributed by atoms with van der Waals surface area (Å²) in [7, 11) is 2.08. The molecule has 5 heteroatoms. The van der Waals surface area contributed by atoms with Gasteiger partial charge in [0.05, 0.1) is 0 Å². The van der Waals surface area contributed by atoms with Crippen molar-refractivity contribution in [1.29, 1.82) is 0 Å². The van der Waals surface area contributed by atoms with E-state index in [-0.39, 0.29) is 0 Å². The normalized spacial score (nSPS) is 15.1. The van der Waals surface area contributed by atoms with Crippen molar-refractivity contribution < 1.29 is 0 Å². The van der Waals surface area contributed by atoms with E-state index < -0.39 is 0 Å². The fourth-order valence-corrected chi connectivity index (χ4v) is 3.56. The first kappa shape index (κ1) is 15.3. The Hall–Kier alpha value is -1.62. The summed E-state index contributed by atoms with van der Waals surface area (Å²) in [6.07, 6.45) is 4.92. The summed E-state index contributed by atoms with van der Waals surface area (Å²) in [5.74, 6) is 0.937. The molecule has 0 radical (unpaired) electrons. The number of rotatable bonds is 5. The van der Waals surface area contributed by atoms with Crippen LogP contribution in [0, 0.1) is 0 Å². The lowest BCUT2D eigenvalue weighted by Crippen LogP contribution is -2.29. The molecule has 22 heavy (non-hydrogen) atoms. The molecule has 0 saturated carbocycles. The largest absolute Gasteiger partial charge is 0.372 e. The van der Waals surface area contributed by atoms with Crippen molar-refractivity contribution in [2.45, 2.75) is 39.2 Å². The summed E-state index contributed by atoms with van der Waals surface area (Å²) in [5, 5.41) is 0.997. The van der Waals surface area contributed by atoms with Gasteiger partial charge < -0.3 is 9.80 Å². The van der Waals surface area contributed by atoms with Crippen molar-refractivity contribution in [3.05, 3.63) is 35.7 Å². The van der Waals surface area contributed by atoms with Gasteiger partial charge in [-0.05, 0) is 37.0 Å². The second kappa shape index (κ2) is 7.09. The minimum absolute atomic E-state index is 0.874. The third-order valence-corrected chi connectivity index (χ3v) is 5.05. The highest BCUT2D eigenvalue weighted by molar-refractivity contribution is 7.09. The van der Waals surface area contributed by atoms with E-state index in [0.29, 0.717) is 0 Å². The summed E-state index contributed by atoms with van der Waals surface area (Å²) >= 11 is 1.48. The summed E-state index contributed by atoms with van der Waals surface area (Å²) in [6, 6.07) is 8.99. The molecular formula is C17H24N4S. The molecule has 0 unspecified atom stereocenters. The molecule has 0 atom stereocenters. The minimum Gasteiger partial charge on any atom is -0.372 e. The molecule has 2 aromatic rings. The highest BCUT2D eigenvalue weighted by Gasteiger charge is 2.12. The number of hydrogen-bond acceptors (Lipinski definition) is 5. The fourth-order valence-electron chi connectivity index (χ4n) is 2.85. The van der Waals surface area contributed by atoms with Crippen molar-refractivity contribution in [2.75, 3.05) is 29.9 Å². The minimum atomic E-state index is 0.874. The fraction of sp³-hybridized carbons (Fsp3) is 0.529. The van der Waals surface area contributed by atoms with Crippen LogP contribution in [-0.2, 0) is 13.0 Å². The van der Waals surface area contributed by atoms with Crippen molar-refractivity contribution in [3.8, 4) is 0 Å². The van der Waals surface area contributed by atoms with Crippen LogP contribution >= 0.6 is 11.5 Å². The van der Waals surface area contributed by atoms with Gasteiger partial charge in [-0.1, -0.05) is 19.1 Å². The second-order valence-electron chi connectivity index (χ2n) is 5.92. The standard InChI is InChI=1S/C17H24N4S/c1-3-16-18-17(22-19-16)20(2)13-14-7-9-15(10-8-14)21-11-5-4-6-12-21/h7-10H,3-6,11-13H2,1-2H3. The Balaban J connectivity index is 1.62. The molecule has 1 aliphatic heterocycles. The summed E-state index contributed by atoms with van der Waals surface area (Å²) in [4.78, 5) is 9.21. The van der Waals surface area contributed by atoms with Gasteiger partial charge in [-0.15, -0.1) is 0 Å². The van der Waals surface area contributed by atoms with Gasteiger partial charge in [-0.2, -0.15) is 4.37 Å². The zero-order valence-corrected chi connectivity index (χ0v) is 14.3. The summed E-state index contributed by atoms with van der Waals surface area (Å²) < 4.78 is 4.35. The maximum Gasteiger partial charge on any atom is 0.205 e. The molecular weight excluding hydrogens is 292 g/mol. The second-order valence-corrected chi connectivity index (χ2v) is 6.65. The van der Waals surface area contributed by atoms with Gasteiger partial charge in [0.25, 0.3) is 0 Å². The Morgan fingerprint density at radius 1 is 1.14 bits per heavy atom. The summed E-state index contributed by atoms with van der Waals surface area (Å²) in [5.41, 5.74) is 2.67. The molecule has 1 aromatic carbocycles. The van der Waals surface area contributed by atoms with Gasteiger partial charge >= 0.3 is 0 Å². The molecule has 0 bridgehead atoms. The average molecular weight is 316 g/mol. The molecule has 0 spiro atoms. The van der Waals surface area contributed by atoms with Crippen LogP contribution in [0.25, 0.3) is 0 Å². The third kappa shape index (κ3) is 3.58. The van der Waals surface area contributed by atoms with E-state index in [1.54, 1.807) is 0 Å². The molecule has 0 amide bonds. The maximum absolute atomic E-state index is 4.54. The van der Waals surface area contributed by atoms with E-state index in [9.17, 15) is 0 Å². The molecule has 118 valence electrons. The number of piperidine rings is 1. The molecule has 3 rings (SSSR count). The van der Waals surface area contributed by atoms with E-state index in [2.05, 4.69) is 57.4 Å². The molecule has 1 saturated heterocycles. The Labute approximate surface area is 137 Å². The van der Waals surface area contributed by atoms with E-state index in [0.717, 1.165) is 23.9 Å². The predicted octanol–water partition coefficient (Wildman–Crippen LogP) is 3.73. The zero-order valence-electron chi connectivity index (χ0n) is 13.5. The van der Waals surface area contributed by atoms with Crippen molar-refractivity contribution >= 4 is 22.4 Å². The van der Waals surface area contributed by atoms with Gasteiger partial charge in [0.2, 0.25) is 5.13 Å². The Kier molecular flexibility index (Phi) is 4.93. The monoisotopic (exact) mass is 316 g/mol. The van der Waals surface area contributed by atoms with Crippen molar-refractivity contribution in [1.82, 2.24) is 9.36 Å². The number of aromatic nitrogens is 2. The number of benzene rings is 1. The molecule has 1 aromatic heterocycles. The lowest BCUT2D eigenvalue weighted by atomic mass is 10.1. The quantitative estimate of drug-likeness (QED) is 0.841. The molecule has 4 nitrogen and oxygen atoms in total. The zero-order chi connectivity index (χ0) is 15.4. The highest BCUT2D eigenvalue weighted by Crippen LogP contribution is 2.22. The average Bonchev–Trinajstić information content (AvgIpc) is 3.06. The lowest BCUT2D eigenvalue weighted by Gasteiger charge is -2.29. The highest BCUT2D eigenvalue weighted by atomic mass is 32.1. The number of nitrogens with zero attached hydrogens (tertiary/aromatic N) is 4. The number of anilines is 2. The van der Waals surface area contributed by atoms with Gasteiger partial charge in [0.15, 0.2) is 0 Å². The lowest BCUT2D eigenvalue weighted by molar-refractivity contribution is 0.578. The molecule has 0 N–H and O–H groups in total. The Bertz CT molecular complexity index is 587. The van der Waals surface area contributed by atoms with Crippen LogP contribution < -0.4 is 9.80 Å². The first-order valence-electron chi connectivity index (χ1n) is 8.14. The molecule has 2 heterocycles. The number of aryl methyl sites for hydroxylation is 1. The van der Waals surface area contributed by atoms with Crippen LogP contribution in [0.2, 0.25) is 0 Å². The van der Waals surface area contributed by atoms with Crippen LogP contribution in [0.4, 0.5) is 10.8 Å². The topological polar surface area (TPSA) is 32.3 Å². The van der Waals surface area contributed by atoms with Crippen LogP contribution in [-0.4, -0.2) is 29.5 Å². The number of hydrogen-bond donors (Lipinski definition) is 0. The first-order valence-corrected chi connectivity index (χ1v) is 8.91. The van der Waals surface area contributed by atoms with Gasteiger partial charge in [-0.25, -0.2) is 4.98 Å². The molecule has 1 aliphatic rings. The summed E-state index contributed by atoms with van der Waals surface area (Å²) in [6.45, 7) is 5.36. The van der Waals surface area contributed by atoms with E-state index in [1.807, 2.05) is 0 Å². The van der Waals surface area contributed by atoms with E-state index in [1.165, 1.54) is 55.1 Å². The van der Waals surface area contributed by atoms with Crippen LogP contribution in [0.5, 0.6) is 0 Å². The van der Waals surface area contributed by atoms with Gasteiger partial charge in [0.1, 0.15) is 5.82 Å². The van der Waals surface area contributed by atoms with Gasteiger partial charge in [0, 0.05) is 50.3 Å². The van der Waals surface area contributed by atoms with Crippen LogP contribution in [0.3, 0.4) is 0 Å². The smallest absolute Gasteiger partial charge is 0.205 e. The van der Waals surface area contributed by atoms with Gasteiger partial charge in [-0.3, -0.25) is 0 Å². The Morgan fingerprint density at radius 3 is 2.50 bits per heavy atom. The predicted molar refractivity (Wildman–Crippen MR) is 93.9 cm³/mol. The van der Waals surface area contributed by atoms with Crippen LogP contribution in [0.15, 0.2) is 24.3 Å². The van der Waals surface area contributed by atoms with Crippen LogP contribution in [0.1, 0.15) is 37.6 Å². The maximum atomic E-state index is 4.54. The SMILES string of the molecule is CCc1nsc(N(C)Cc2ccc(N3CCCCC3)cc2)n1. The molecule has 1 fully saturated rings. The van der Waals surface area contributed by atoms with E-state index >= 15 is 0 Å². The first-order chi connectivity index (χ1) is 10.8. The molecule has 0 aliphatic carbocycles.